The Labute approximate surface area is 143 Å². The summed E-state index contributed by atoms with van der Waals surface area (Å²) >= 11 is 0. The maximum Gasteiger partial charge on any atom is 0.407 e. The SMILES string of the molecule is CC(C)(C)OC(=O)NCCC(=O)NCc1ccc(C(C)(C)O)cc1. The zero-order valence-corrected chi connectivity index (χ0v) is 15.1. The van der Waals surface area contributed by atoms with Crippen LogP contribution in [0.3, 0.4) is 0 Å². The van der Waals surface area contributed by atoms with Crippen LogP contribution in [0.5, 0.6) is 0 Å². The van der Waals surface area contributed by atoms with Crippen LogP contribution in [0.1, 0.15) is 52.2 Å². The Morgan fingerprint density at radius 1 is 1.04 bits per heavy atom. The molecule has 0 fully saturated rings. The third kappa shape index (κ3) is 7.97. The standard InChI is InChI=1S/C18H28N2O4/c1-17(2,3)24-16(22)19-11-10-15(21)20-12-13-6-8-14(9-7-13)18(4,5)23/h6-9,23H,10-12H2,1-5H3,(H,19,22)(H,20,21). The predicted octanol–water partition coefficient (Wildman–Crippen LogP) is 2.45. The van der Waals surface area contributed by atoms with Crippen molar-refractivity contribution in [2.75, 3.05) is 6.54 Å². The Hall–Kier alpha value is -2.08. The fourth-order valence-electron chi connectivity index (χ4n) is 1.91. The highest BCUT2D eigenvalue weighted by Crippen LogP contribution is 2.19. The maximum absolute atomic E-state index is 11.8. The first-order valence-electron chi connectivity index (χ1n) is 8.03. The average molecular weight is 336 g/mol. The summed E-state index contributed by atoms with van der Waals surface area (Å²) in [7, 11) is 0. The van der Waals surface area contributed by atoms with Gasteiger partial charge in [0.05, 0.1) is 5.60 Å². The zero-order chi connectivity index (χ0) is 18.4. The Kier molecular flexibility index (Phi) is 6.78. The Balaban J connectivity index is 2.30. The summed E-state index contributed by atoms with van der Waals surface area (Å²) in [6.45, 7) is 9.41. The van der Waals surface area contributed by atoms with Crippen molar-refractivity contribution in [2.24, 2.45) is 0 Å². The van der Waals surface area contributed by atoms with E-state index >= 15 is 0 Å². The van der Waals surface area contributed by atoms with Crippen molar-refractivity contribution in [3.05, 3.63) is 35.4 Å². The second kappa shape index (κ2) is 8.15. The summed E-state index contributed by atoms with van der Waals surface area (Å²) in [5, 5.41) is 15.2. The average Bonchev–Trinajstić information content (AvgIpc) is 2.42. The number of rotatable bonds is 6. The van der Waals surface area contributed by atoms with E-state index in [2.05, 4.69) is 10.6 Å². The number of alkyl carbamates (subject to hydrolysis) is 1. The first-order valence-corrected chi connectivity index (χ1v) is 8.03. The molecule has 0 radical (unpaired) electrons. The molecule has 0 heterocycles. The molecule has 0 aliphatic heterocycles. The van der Waals surface area contributed by atoms with E-state index in [1.165, 1.54) is 0 Å². The lowest BCUT2D eigenvalue weighted by atomic mass is 9.97. The topological polar surface area (TPSA) is 87.7 Å². The molecule has 3 N–H and O–H groups in total. The van der Waals surface area contributed by atoms with Gasteiger partial charge in [0.25, 0.3) is 0 Å². The first kappa shape index (κ1) is 20.0. The summed E-state index contributed by atoms with van der Waals surface area (Å²) < 4.78 is 5.09. The fraction of sp³-hybridized carbons (Fsp3) is 0.556. The van der Waals surface area contributed by atoms with E-state index in [0.717, 1.165) is 11.1 Å². The van der Waals surface area contributed by atoms with E-state index < -0.39 is 17.3 Å². The van der Waals surface area contributed by atoms with Gasteiger partial charge in [0.15, 0.2) is 0 Å². The fourth-order valence-corrected chi connectivity index (χ4v) is 1.91. The van der Waals surface area contributed by atoms with Crippen LogP contribution in [-0.2, 0) is 21.7 Å². The molecule has 134 valence electrons. The summed E-state index contributed by atoms with van der Waals surface area (Å²) in [6.07, 6.45) is -0.349. The molecule has 0 aromatic heterocycles. The largest absolute Gasteiger partial charge is 0.444 e. The highest BCUT2D eigenvalue weighted by Gasteiger charge is 2.16. The Morgan fingerprint density at radius 2 is 1.62 bits per heavy atom. The molecule has 1 aromatic carbocycles. The number of nitrogens with one attached hydrogen (secondary N) is 2. The van der Waals surface area contributed by atoms with E-state index in [4.69, 9.17) is 4.74 Å². The van der Waals surface area contributed by atoms with Gasteiger partial charge < -0.3 is 20.5 Å². The van der Waals surface area contributed by atoms with Crippen LogP contribution in [0.4, 0.5) is 4.79 Å². The van der Waals surface area contributed by atoms with Crippen LogP contribution in [-0.4, -0.2) is 29.3 Å². The molecule has 0 aliphatic carbocycles. The van der Waals surface area contributed by atoms with Crippen molar-refractivity contribution in [1.82, 2.24) is 10.6 Å². The molecule has 0 spiro atoms. The first-order chi connectivity index (χ1) is 11.0. The highest BCUT2D eigenvalue weighted by atomic mass is 16.6. The molecule has 0 aliphatic rings. The number of hydrogen-bond donors (Lipinski definition) is 3. The molecular formula is C18H28N2O4. The van der Waals surface area contributed by atoms with Crippen LogP contribution >= 0.6 is 0 Å². The van der Waals surface area contributed by atoms with Crippen molar-refractivity contribution in [3.63, 3.8) is 0 Å². The van der Waals surface area contributed by atoms with E-state index in [9.17, 15) is 14.7 Å². The molecule has 2 amide bonds. The summed E-state index contributed by atoms with van der Waals surface area (Å²) in [4.78, 5) is 23.2. The summed E-state index contributed by atoms with van der Waals surface area (Å²) in [5.74, 6) is -0.155. The lowest BCUT2D eigenvalue weighted by Gasteiger charge is -2.19. The van der Waals surface area contributed by atoms with Gasteiger partial charge in [0.1, 0.15) is 5.60 Å². The van der Waals surface area contributed by atoms with Crippen molar-refractivity contribution >= 4 is 12.0 Å². The smallest absolute Gasteiger partial charge is 0.407 e. The lowest BCUT2D eigenvalue weighted by Crippen LogP contribution is -2.35. The van der Waals surface area contributed by atoms with Gasteiger partial charge in [-0.1, -0.05) is 24.3 Å². The van der Waals surface area contributed by atoms with Crippen molar-refractivity contribution in [1.29, 1.82) is 0 Å². The minimum absolute atomic E-state index is 0.155. The third-order valence-corrected chi connectivity index (χ3v) is 3.17. The number of benzene rings is 1. The second-order valence-electron chi connectivity index (χ2n) is 7.21. The normalized spacial score (nSPS) is 11.8. The molecule has 0 saturated carbocycles. The van der Waals surface area contributed by atoms with Gasteiger partial charge >= 0.3 is 6.09 Å². The molecule has 1 rings (SSSR count). The predicted molar refractivity (Wildman–Crippen MR) is 92.4 cm³/mol. The van der Waals surface area contributed by atoms with E-state index in [1.807, 2.05) is 24.3 Å². The van der Waals surface area contributed by atoms with Gasteiger partial charge in [-0.25, -0.2) is 4.79 Å². The highest BCUT2D eigenvalue weighted by molar-refractivity contribution is 5.77. The van der Waals surface area contributed by atoms with Crippen molar-refractivity contribution < 1.29 is 19.4 Å². The minimum Gasteiger partial charge on any atom is -0.444 e. The molecule has 6 heteroatoms. The van der Waals surface area contributed by atoms with Crippen LogP contribution in [0, 0.1) is 0 Å². The third-order valence-electron chi connectivity index (χ3n) is 3.17. The zero-order valence-electron chi connectivity index (χ0n) is 15.1. The summed E-state index contributed by atoms with van der Waals surface area (Å²) in [6, 6.07) is 7.41. The lowest BCUT2D eigenvalue weighted by molar-refractivity contribution is -0.121. The number of aliphatic hydroxyl groups is 1. The number of hydrogen-bond acceptors (Lipinski definition) is 4. The van der Waals surface area contributed by atoms with Crippen LogP contribution < -0.4 is 10.6 Å². The van der Waals surface area contributed by atoms with Crippen LogP contribution in [0.25, 0.3) is 0 Å². The van der Waals surface area contributed by atoms with Gasteiger partial charge in [-0.2, -0.15) is 0 Å². The van der Waals surface area contributed by atoms with E-state index in [-0.39, 0.29) is 18.9 Å². The number of carbonyl (C=O) groups is 2. The Morgan fingerprint density at radius 3 is 2.12 bits per heavy atom. The molecule has 6 nitrogen and oxygen atoms in total. The van der Waals surface area contributed by atoms with E-state index in [1.54, 1.807) is 34.6 Å². The van der Waals surface area contributed by atoms with Gasteiger partial charge in [0, 0.05) is 19.5 Å². The van der Waals surface area contributed by atoms with E-state index in [0.29, 0.717) is 6.54 Å². The molecule has 1 aromatic rings. The molecule has 24 heavy (non-hydrogen) atoms. The maximum atomic E-state index is 11.8. The van der Waals surface area contributed by atoms with Crippen LogP contribution in [0.15, 0.2) is 24.3 Å². The van der Waals surface area contributed by atoms with Crippen molar-refractivity contribution in [2.45, 2.75) is 58.8 Å². The molecule has 0 atom stereocenters. The van der Waals surface area contributed by atoms with Gasteiger partial charge in [-0.3, -0.25) is 4.79 Å². The quantitative estimate of drug-likeness (QED) is 0.744. The number of carbonyl (C=O) groups excluding carboxylic acids is 2. The molecule has 0 saturated heterocycles. The summed E-state index contributed by atoms with van der Waals surface area (Å²) in [5.41, 5.74) is 0.326. The van der Waals surface area contributed by atoms with Gasteiger partial charge in [0.2, 0.25) is 5.91 Å². The number of amides is 2. The van der Waals surface area contributed by atoms with Crippen molar-refractivity contribution in [3.8, 4) is 0 Å². The van der Waals surface area contributed by atoms with Gasteiger partial charge in [-0.15, -0.1) is 0 Å². The van der Waals surface area contributed by atoms with Gasteiger partial charge in [-0.05, 0) is 45.7 Å². The second-order valence-corrected chi connectivity index (χ2v) is 7.21. The molecule has 0 bridgehead atoms. The molecular weight excluding hydrogens is 308 g/mol. The monoisotopic (exact) mass is 336 g/mol. The minimum atomic E-state index is -0.880. The molecule has 0 unspecified atom stereocenters. The van der Waals surface area contributed by atoms with Crippen LogP contribution in [0.2, 0.25) is 0 Å². The number of ether oxygens (including phenoxy) is 1. The Bertz CT molecular complexity index is 554.